The van der Waals surface area contributed by atoms with E-state index in [2.05, 4.69) is 53.0 Å². The molecule has 0 aromatic rings. The summed E-state index contributed by atoms with van der Waals surface area (Å²) in [6.45, 7) is 21.4. The Hall–Kier alpha value is -0.850. The molecule has 0 radical (unpaired) electrons. The number of nitrogens with one attached hydrogen (secondary N) is 2. The Morgan fingerprint density at radius 1 is 1.00 bits per heavy atom. The third-order valence-electron chi connectivity index (χ3n) is 5.80. The average molecular weight is 367 g/mol. The number of hydrogen-bond acceptors (Lipinski definition) is 4. The van der Waals surface area contributed by atoms with E-state index in [0.717, 1.165) is 38.7 Å². The molecule has 6 heteroatoms. The van der Waals surface area contributed by atoms with E-state index in [1.54, 1.807) is 0 Å². The van der Waals surface area contributed by atoms with Crippen LogP contribution < -0.4 is 10.6 Å². The summed E-state index contributed by atoms with van der Waals surface area (Å²) in [5, 5.41) is 6.99. The predicted octanol–water partition coefficient (Wildman–Crippen LogP) is 1.30. The second-order valence-electron chi connectivity index (χ2n) is 7.87. The molecule has 0 aromatic heterocycles. The lowest BCUT2D eigenvalue weighted by Crippen LogP contribution is -2.47. The van der Waals surface area contributed by atoms with Crippen molar-refractivity contribution in [3.63, 3.8) is 0 Å². The zero-order chi connectivity index (χ0) is 18.8. The van der Waals surface area contributed by atoms with E-state index in [4.69, 9.17) is 4.99 Å². The van der Waals surface area contributed by atoms with Crippen molar-refractivity contribution in [1.29, 1.82) is 0 Å². The monoisotopic (exact) mass is 366 g/mol. The van der Waals surface area contributed by atoms with Crippen molar-refractivity contribution >= 4 is 5.96 Å². The summed E-state index contributed by atoms with van der Waals surface area (Å²) in [6, 6.07) is 0.663. The molecule has 2 saturated heterocycles. The quantitative estimate of drug-likeness (QED) is 0.476. The number of piperazine rings is 1. The highest BCUT2D eigenvalue weighted by molar-refractivity contribution is 5.79. The molecule has 0 bridgehead atoms. The molecule has 0 saturated carbocycles. The lowest BCUT2D eigenvalue weighted by Gasteiger charge is -2.35. The van der Waals surface area contributed by atoms with E-state index in [-0.39, 0.29) is 0 Å². The maximum Gasteiger partial charge on any atom is 0.191 e. The second-order valence-corrected chi connectivity index (χ2v) is 7.87. The van der Waals surface area contributed by atoms with Gasteiger partial charge in [0.2, 0.25) is 0 Å². The number of rotatable bonds is 9. The fraction of sp³-hybridized carbons (Fsp3) is 0.950. The van der Waals surface area contributed by atoms with Gasteiger partial charge in [0.05, 0.1) is 0 Å². The van der Waals surface area contributed by atoms with Crippen molar-refractivity contribution < 1.29 is 0 Å². The molecule has 2 atom stereocenters. The van der Waals surface area contributed by atoms with Crippen LogP contribution in [0.4, 0.5) is 0 Å². The molecule has 6 nitrogen and oxygen atoms in total. The molecule has 2 aliphatic rings. The average Bonchev–Trinajstić information content (AvgIpc) is 3.12. The fourth-order valence-corrected chi connectivity index (χ4v) is 4.13. The van der Waals surface area contributed by atoms with Crippen molar-refractivity contribution in [3.05, 3.63) is 0 Å². The molecule has 2 aliphatic heterocycles. The minimum atomic E-state index is 0.595. The smallest absolute Gasteiger partial charge is 0.191 e. The highest BCUT2D eigenvalue weighted by atomic mass is 15.3. The van der Waals surface area contributed by atoms with Crippen LogP contribution >= 0.6 is 0 Å². The van der Waals surface area contributed by atoms with E-state index in [0.29, 0.717) is 12.0 Å². The van der Waals surface area contributed by atoms with Gasteiger partial charge in [-0.15, -0.1) is 0 Å². The van der Waals surface area contributed by atoms with Gasteiger partial charge in [0.1, 0.15) is 0 Å². The summed E-state index contributed by atoms with van der Waals surface area (Å²) in [6.07, 6.45) is 2.64. The van der Waals surface area contributed by atoms with Gasteiger partial charge in [0.15, 0.2) is 5.96 Å². The summed E-state index contributed by atoms with van der Waals surface area (Å²) < 4.78 is 0. The molecular weight excluding hydrogens is 324 g/mol. The van der Waals surface area contributed by atoms with Gasteiger partial charge < -0.3 is 20.4 Å². The van der Waals surface area contributed by atoms with Gasteiger partial charge in [0.25, 0.3) is 0 Å². The summed E-state index contributed by atoms with van der Waals surface area (Å²) in [5.74, 6) is 1.58. The van der Waals surface area contributed by atoms with E-state index in [1.165, 1.54) is 52.1 Å². The number of aliphatic imine (C=N–C) groups is 1. The third kappa shape index (κ3) is 7.05. The molecule has 26 heavy (non-hydrogen) atoms. The van der Waals surface area contributed by atoms with E-state index >= 15 is 0 Å². The normalized spacial score (nSPS) is 24.8. The van der Waals surface area contributed by atoms with Crippen molar-refractivity contribution in [1.82, 2.24) is 25.3 Å². The van der Waals surface area contributed by atoms with Crippen molar-refractivity contribution in [2.75, 3.05) is 72.0 Å². The molecule has 0 aromatic carbocycles. The first-order chi connectivity index (χ1) is 12.7. The van der Waals surface area contributed by atoms with Crippen molar-refractivity contribution in [2.24, 2.45) is 10.9 Å². The molecule has 2 unspecified atom stereocenters. The zero-order valence-corrected chi connectivity index (χ0v) is 17.6. The summed E-state index contributed by atoms with van der Waals surface area (Å²) in [4.78, 5) is 12.6. The second kappa shape index (κ2) is 11.8. The van der Waals surface area contributed by atoms with Crippen LogP contribution in [0.3, 0.4) is 0 Å². The Morgan fingerprint density at radius 2 is 1.73 bits per heavy atom. The molecule has 0 aliphatic carbocycles. The van der Waals surface area contributed by atoms with Gasteiger partial charge in [-0.1, -0.05) is 20.8 Å². The minimum Gasteiger partial charge on any atom is -0.357 e. The summed E-state index contributed by atoms with van der Waals surface area (Å²) in [5.41, 5.74) is 0. The van der Waals surface area contributed by atoms with E-state index in [1.807, 2.05) is 0 Å². The van der Waals surface area contributed by atoms with Gasteiger partial charge >= 0.3 is 0 Å². The maximum absolute atomic E-state index is 4.86. The highest BCUT2D eigenvalue weighted by Crippen LogP contribution is 2.15. The topological polar surface area (TPSA) is 46.1 Å². The number of guanidine groups is 1. The van der Waals surface area contributed by atoms with Crippen molar-refractivity contribution in [2.45, 2.75) is 46.6 Å². The van der Waals surface area contributed by atoms with Gasteiger partial charge in [-0.3, -0.25) is 9.89 Å². The lowest BCUT2D eigenvalue weighted by atomic mass is 10.1. The minimum absolute atomic E-state index is 0.595. The van der Waals surface area contributed by atoms with Crippen LogP contribution in [0.15, 0.2) is 4.99 Å². The first-order valence-corrected chi connectivity index (χ1v) is 10.9. The molecule has 2 heterocycles. The van der Waals surface area contributed by atoms with E-state index < -0.39 is 0 Å². The van der Waals surface area contributed by atoms with Crippen LogP contribution in [0.5, 0.6) is 0 Å². The van der Waals surface area contributed by atoms with Crippen LogP contribution in [0.25, 0.3) is 0 Å². The molecule has 2 rings (SSSR count). The standard InChI is InChI=1S/C20H42N6/c1-5-21-20(23-16-19-9-8-10-26(19)7-3)22-15-18(4)17-25-13-11-24(6-2)12-14-25/h18-19H,5-17H2,1-4H3,(H2,21,22,23). The van der Waals surface area contributed by atoms with Crippen LogP contribution in [0.2, 0.25) is 0 Å². The number of likely N-dealkylation sites (N-methyl/N-ethyl adjacent to an activating group) is 2. The Morgan fingerprint density at radius 3 is 2.38 bits per heavy atom. The highest BCUT2D eigenvalue weighted by Gasteiger charge is 2.23. The van der Waals surface area contributed by atoms with Gasteiger partial charge in [-0.2, -0.15) is 0 Å². The van der Waals surface area contributed by atoms with Gasteiger partial charge in [0, 0.05) is 58.4 Å². The Kier molecular flexibility index (Phi) is 9.72. The number of nitrogens with zero attached hydrogens (tertiary/aromatic N) is 4. The summed E-state index contributed by atoms with van der Waals surface area (Å²) in [7, 11) is 0. The molecule has 152 valence electrons. The van der Waals surface area contributed by atoms with Crippen LogP contribution in [0.1, 0.15) is 40.5 Å². The van der Waals surface area contributed by atoms with E-state index in [9.17, 15) is 0 Å². The SMILES string of the molecule is CCNC(=NCC(C)CN1CCN(CC)CC1)NCC1CCCN1CC. The van der Waals surface area contributed by atoms with Gasteiger partial charge in [-0.05, 0) is 45.3 Å². The molecule has 0 spiro atoms. The van der Waals surface area contributed by atoms with Crippen LogP contribution in [-0.4, -0.2) is 98.7 Å². The summed E-state index contributed by atoms with van der Waals surface area (Å²) >= 11 is 0. The maximum atomic E-state index is 4.86. The molecular formula is C20H42N6. The zero-order valence-electron chi connectivity index (χ0n) is 17.6. The number of likely N-dealkylation sites (tertiary alicyclic amines) is 1. The Balaban J connectivity index is 1.73. The third-order valence-corrected chi connectivity index (χ3v) is 5.80. The Bertz CT molecular complexity index is 405. The fourth-order valence-electron chi connectivity index (χ4n) is 4.13. The van der Waals surface area contributed by atoms with Crippen LogP contribution in [-0.2, 0) is 0 Å². The number of hydrogen-bond donors (Lipinski definition) is 2. The van der Waals surface area contributed by atoms with Gasteiger partial charge in [-0.25, -0.2) is 0 Å². The largest absolute Gasteiger partial charge is 0.357 e. The Labute approximate surface area is 161 Å². The first-order valence-electron chi connectivity index (χ1n) is 10.9. The van der Waals surface area contributed by atoms with Crippen molar-refractivity contribution in [3.8, 4) is 0 Å². The predicted molar refractivity (Wildman–Crippen MR) is 112 cm³/mol. The molecule has 0 amide bonds. The van der Waals surface area contributed by atoms with Crippen LogP contribution in [0, 0.1) is 5.92 Å². The molecule has 2 N–H and O–H groups in total. The molecule has 2 fully saturated rings. The first kappa shape index (κ1) is 21.5. The lowest BCUT2D eigenvalue weighted by molar-refractivity contribution is 0.125.